The highest BCUT2D eigenvalue weighted by Gasteiger charge is 2.33. The number of hydrogen-bond acceptors (Lipinski definition) is 2. The lowest BCUT2D eigenvalue weighted by atomic mass is 9.75. The predicted octanol–water partition coefficient (Wildman–Crippen LogP) is 4.80. The molecule has 112 valence electrons. The molecular weight excluding hydrogens is 277 g/mol. The molecule has 1 fully saturated rings. The van der Waals surface area contributed by atoms with Crippen LogP contribution in [0.2, 0.25) is 0 Å². The summed E-state index contributed by atoms with van der Waals surface area (Å²) in [5.41, 5.74) is 0.446. The summed E-state index contributed by atoms with van der Waals surface area (Å²) in [6, 6.07) is 1.60. The summed E-state index contributed by atoms with van der Waals surface area (Å²) in [5.74, 6) is 1.45. The number of pyridine rings is 1. The quantitative estimate of drug-likeness (QED) is 0.745. The van der Waals surface area contributed by atoms with Gasteiger partial charge in [-0.3, -0.25) is 0 Å². The fourth-order valence-electron chi connectivity index (χ4n) is 3.04. The number of ether oxygens (including phenoxy) is 1. The van der Waals surface area contributed by atoms with Gasteiger partial charge < -0.3 is 4.74 Å². The molecular formula is C16H23ClFNO. The Bertz CT molecular complexity index is 452. The predicted molar refractivity (Wildman–Crippen MR) is 79.5 cm³/mol. The molecule has 1 aromatic heterocycles. The van der Waals surface area contributed by atoms with Crippen LogP contribution in [-0.2, 0) is 5.88 Å². The SMILES string of the molecule is CC1CCC(C(C)C)C(Oc2nccc(CCl)c2F)C1. The van der Waals surface area contributed by atoms with Crippen molar-refractivity contribution in [3.05, 3.63) is 23.6 Å². The Kier molecular flexibility index (Phi) is 5.25. The smallest absolute Gasteiger partial charge is 0.250 e. The number of aromatic nitrogens is 1. The first-order valence-corrected chi connectivity index (χ1v) is 7.92. The van der Waals surface area contributed by atoms with Crippen molar-refractivity contribution in [2.45, 2.75) is 52.0 Å². The van der Waals surface area contributed by atoms with Crippen LogP contribution in [0.3, 0.4) is 0 Å². The van der Waals surface area contributed by atoms with Gasteiger partial charge in [0.05, 0.1) is 5.88 Å². The van der Waals surface area contributed by atoms with Gasteiger partial charge in [0.1, 0.15) is 6.10 Å². The average Bonchev–Trinajstić information content (AvgIpc) is 2.41. The summed E-state index contributed by atoms with van der Waals surface area (Å²) in [6.07, 6.45) is 4.94. The molecule has 1 saturated carbocycles. The molecule has 0 aromatic carbocycles. The van der Waals surface area contributed by atoms with Crippen LogP contribution in [0.5, 0.6) is 5.88 Å². The van der Waals surface area contributed by atoms with E-state index in [9.17, 15) is 4.39 Å². The van der Waals surface area contributed by atoms with Gasteiger partial charge in [0.25, 0.3) is 5.88 Å². The topological polar surface area (TPSA) is 22.1 Å². The van der Waals surface area contributed by atoms with Gasteiger partial charge in [-0.15, -0.1) is 11.6 Å². The average molecular weight is 300 g/mol. The minimum Gasteiger partial charge on any atom is -0.472 e. The second-order valence-corrected chi connectivity index (χ2v) is 6.47. The van der Waals surface area contributed by atoms with Crippen LogP contribution in [0.1, 0.15) is 45.6 Å². The van der Waals surface area contributed by atoms with Crippen molar-refractivity contribution in [1.29, 1.82) is 0 Å². The fraction of sp³-hybridized carbons (Fsp3) is 0.688. The largest absolute Gasteiger partial charge is 0.472 e. The molecule has 1 aliphatic rings. The summed E-state index contributed by atoms with van der Waals surface area (Å²) in [7, 11) is 0. The number of nitrogens with zero attached hydrogens (tertiary/aromatic N) is 1. The molecule has 0 amide bonds. The molecule has 2 rings (SSSR count). The Balaban J connectivity index is 2.18. The lowest BCUT2D eigenvalue weighted by Crippen LogP contribution is -2.36. The lowest BCUT2D eigenvalue weighted by Gasteiger charge is -2.37. The highest BCUT2D eigenvalue weighted by atomic mass is 35.5. The zero-order chi connectivity index (χ0) is 14.7. The van der Waals surface area contributed by atoms with Crippen molar-refractivity contribution in [2.24, 2.45) is 17.8 Å². The highest BCUT2D eigenvalue weighted by molar-refractivity contribution is 6.17. The summed E-state index contributed by atoms with van der Waals surface area (Å²) in [5, 5.41) is 0. The van der Waals surface area contributed by atoms with Gasteiger partial charge >= 0.3 is 0 Å². The van der Waals surface area contributed by atoms with E-state index in [-0.39, 0.29) is 17.9 Å². The maximum Gasteiger partial charge on any atom is 0.250 e. The van der Waals surface area contributed by atoms with E-state index in [0.29, 0.717) is 23.3 Å². The van der Waals surface area contributed by atoms with E-state index in [1.165, 1.54) is 6.42 Å². The van der Waals surface area contributed by atoms with Gasteiger partial charge in [-0.05, 0) is 36.7 Å². The van der Waals surface area contributed by atoms with Crippen molar-refractivity contribution in [1.82, 2.24) is 4.98 Å². The van der Waals surface area contributed by atoms with E-state index < -0.39 is 5.82 Å². The zero-order valence-electron chi connectivity index (χ0n) is 12.4. The molecule has 3 unspecified atom stereocenters. The molecule has 0 saturated heterocycles. The Hall–Kier alpha value is -0.830. The molecule has 1 heterocycles. The second kappa shape index (κ2) is 6.75. The van der Waals surface area contributed by atoms with Crippen LogP contribution in [0.15, 0.2) is 12.3 Å². The molecule has 1 aliphatic carbocycles. The molecule has 0 spiro atoms. The highest BCUT2D eigenvalue weighted by Crippen LogP contribution is 2.36. The first-order valence-electron chi connectivity index (χ1n) is 7.39. The number of halogens is 2. The summed E-state index contributed by atoms with van der Waals surface area (Å²) in [4.78, 5) is 4.04. The molecule has 3 atom stereocenters. The third-order valence-electron chi connectivity index (χ3n) is 4.31. The molecule has 1 aromatic rings. The van der Waals surface area contributed by atoms with Gasteiger partial charge in [-0.2, -0.15) is 0 Å². The van der Waals surface area contributed by atoms with Gasteiger partial charge in [0, 0.05) is 11.8 Å². The third kappa shape index (κ3) is 3.43. The summed E-state index contributed by atoms with van der Waals surface area (Å²) in [6.45, 7) is 6.64. The standard InChI is InChI=1S/C16H23ClFNO/c1-10(2)13-5-4-11(3)8-14(13)20-16-15(18)12(9-17)6-7-19-16/h6-7,10-11,13-14H,4-5,8-9H2,1-3H3. The Morgan fingerprint density at radius 3 is 2.85 bits per heavy atom. The minimum absolute atomic E-state index is 0.0475. The Morgan fingerprint density at radius 2 is 2.20 bits per heavy atom. The molecule has 0 radical (unpaired) electrons. The van der Waals surface area contributed by atoms with Crippen molar-refractivity contribution >= 4 is 11.6 Å². The number of alkyl halides is 1. The van der Waals surface area contributed by atoms with Crippen molar-refractivity contribution < 1.29 is 9.13 Å². The van der Waals surface area contributed by atoms with E-state index in [1.807, 2.05) is 0 Å². The fourth-order valence-corrected chi connectivity index (χ4v) is 3.25. The molecule has 0 aliphatic heterocycles. The van der Waals surface area contributed by atoms with E-state index in [4.69, 9.17) is 16.3 Å². The van der Waals surface area contributed by atoms with Crippen LogP contribution in [0.25, 0.3) is 0 Å². The number of rotatable bonds is 4. The van der Waals surface area contributed by atoms with Gasteiger partial charge in [0.15, 0.2) is 5.82 Å². The van der Waals surface area contributed by atoms with Crippen molar-refractivity contribution in [3.63, 3.8) is 0 Å². The summed E-state index contributed by atoms with van der Waals surface area (Å²) < 4.78 is 20.1. The zero-order valence-corrected chi connectivity index (χ0v) is 13.2. The van der Waals surface area contributed by atoms with E-state index in [1.54, 1.807) is 12.3 Å². The Labute approximate surface area is 125 Å². The maximum absolute atomic E-state index is 14.2. The molecule has 0 N–H and O–H groups in total. The molecule has 2 nitrogen and oxygen atoms in total. The first kappa shape index (κ1) is 15.6. The van der Waals surface area contributed by atoms with Crippen LogP contribution in [0.4, 0.5) is 4.39 Å². The van der Waals surface area contributed by atoms with Gasteiger partial charge in [-0.1, -0.05) is 27.2 Å². The van der Waals surface area contributed by atoms with Crippen LogP contribution in [-0.4, -0.2) is 11.1 Å². The van der Waals surface area contributed by atoms with Gasteiger partial charge in [-0.25, -0.2) is 9.37 Å². The van der Waals surface area contributed by atoms with E-state index in [0.717, 1.165) is 12.8 Å². The van der Waals surface area contributed by atoms with Crippen LogP contribution in [0, 0.1) is 23.6 Å². The lowest BCUT2D eigenvalue weighted by molar-refractivity contribution is 0.0394. The molecule has 4 heteroatoms. The minimum atomic E-state index is -0.414. The normalized spacial score (nSPS) is 26.8. The van der Waals surface area contributed by atoms with Crippen LogP contribution >= 0.6 is 11.6 Å². The first-order chi connectivity index (χ1) is 9.52. The van der Waals surface area contributed by atoms with E-state index in [2.05, 4.69) is 25.8 Å². The Morgan fingerprint density at radius 1 is 1.45 bits per heavy atom. The maximum atomic E-state index is 14.2. The number of hydrogen-bond donors (Lipinski definition) is 0. The van der Waals surface area contributed by atoms with Crippen molar-refractivity contribution in [2.75, 3.05) is 0 Å². The molecule has 0 bridgehead atoms. The monoisotopic (exact) mass is 299 g/mol. The van der Waals surface area contributed by atoms with E-state index >= 15 is 0 Å². The molecule has 20 heavy (non-hydrogen) atoms. The van der Waals surface area contributed by atoms with Crippen molar-refractivity contribution in [3.8, 4) is 5.88 Å². The second-order valence-electron chi connectivity index (χ2n) is 6.21. The third-order valence-corrected chi connectivity index (χ3v) is 4.59. The van der Waals surface area contributed by atoms with Gasteiger partial charge in [0.2, 0.25) is 0 Å². The van der Waals surface area contributed by atoms with Crippen LogP contribution < -0.4 is 4.74 Å². The summed E-state index contributed by atoms with van der Waals surface area (Å²) >= 11 is 5.73.